The number of carbonyl (C=O) groups is 1. The number of ketones is 1. The fraction of sp³-hybridized carbons (Fsp3) is 0.375. The van der Waals surface area contributed by atoms with Crippen LogP contribution in [0.15, 0.2) is 17.5 Å². The Morgan fingerprint density at radius 2 is 2.25 bits per heavy atom. The molecular weight excluding hydrogens is 303 g/mol. The van der Waals surface area contributed by atoms with Crippen LogP contribution in [0.3, 0.4) is 0 Å². The molecule has 0 saturated carbocycles. The van der Waals surface area contributed by atoms with Crippen molar-refractivity contribution in [2.45, 2.75) is 17.0 Å². The first-order valence-electron chi connectivity index (χ1n) is 3.31. The molecule has 0 atom stereocenters. The zero-order valence-corrected chi connectivity index (χ0v) is 11.2. The monoisotopic (exact) mass is 314 g/mol. The van der Waals surface area contributed by atoms with Crippen molar-refractivity contribution < 1.29 is 21.8 Å². The van der Waals surface area contributed by atoms with E-state index in [9.17, 15) is 4.79 Å². The number of Topliss-reactive ketones (excluding diaryl/α,β-unsaturated/α-hetero) is 1. The molecule has 0 aliphatic carbocycles. The van der Waals surface area contributed by atoms with E-state index >= 15 is 0 Å². The molecule has 0 N–H and O–H groups in total. The molecule has 0 radical (unpaired) electrons. The maximum Gasteiger partial charge on any atom is -1.00 e. The first-order chi connectivity index (χ1) is 5.20. The molecule has 4 heteroatoms. The summed E-state index contributed by atoms with van der Waals surface area (Å²) in [5.41, 5.74) is 0. The van der Waals surface area contributed by atoms with Gasteiger partial charge in [-0.25, -0.2) is 0 Å². The molecule has 1 aromatic heterocycles. The number of halogens is 1. The maximum absolute atomic E-state index is 11.4. The zero-order valence-electron chi connectivity index (χ0n) is 7.04. The van der Waals surface area contributed by atoms with Crippen LogP contribution in [-0.2, 0) is 0 Å². The molecule has 0 fully saturated rings. The molecule has 1 nitrogen and oxygen atoms in total. The van der Waals surface area contributed by atoms with Crippen LogP contribution in [-0.4, -0.2) is 19.7 Å². The second-order valence-corrected chi connectivity index (χ2v) is 8.22. The van der Waals surface area contributed by atoms with Gasteiger partial charge in [-0.3, -0.25) is 0 Å². The SMILES string of the molecule is C[Se+](C)CC(=O)c1cccs1.[Br-]. The molecule has 1 aromatic rings. The summed E-state index contributed by atoms with van der Waals surface area (Å²) in [6.07, 6.45) is 0. The molecule has 12 heavy (non-hydrogen) atoms. The Hall–Kier alpha value is 0.369. The third kappa shape index (κ3) is 3.85. The number of carbonyl (C=O) groups excluding carboxylic acids is 1. The van der Waals surface area contributed by atoms with Gasteiger partial charge in [-0.15, -0.1) is 0 Å². The van der Waals surface area contributed by atoms with Crippen molar-refractivity contribution in [1.82, 2.24) is 0 Å². The van der Waals surface area contributed by atoms with E-state index in [-0.39, 0.29) is 17.0 Å². The number of thiophene rings is 1. The summed E-state index contributed by atoms with van der Waals surface area (Å²) < 4.78 is 0. The first kappa shape index (κ1) is 12.4. The Kier molecular flexibility index (Phi) is 6.10. The third-order valence-electron chi connectivity index (χ3n) is 1.22. The molecular formula is C8H11BrOSSe. The summed E-state index contributed by atoms with van der Waals surface area (Å²) in [4.78, 5) is 12.3. The summed E-state index contributed by atoms with van der Waals surface area (Å²) >= 11 is 0.945. The Morgan fingerprint density at radius 1 is 1.58 bits per heavy atom. The molecule has 1 heterocycles. The first-order valence-corrected chi connectivity index (χ1v) is 8.83. The maximum atomic E-state index is 11.4. The van der Waals surface area contributed by atoms with Crippen molar-refractivity contribution in [1.29, 1.82) is 0 Å². The van der Waals surface area contributed by atoms with Gasteiger partial charge in [0.1, 0.15) is 0 Å². The standard InChI is InChI=1S/C8H11OSSe.BrH/c1-11(2)6-7(9)8-4-3-5-10-8;/h3-5H,6H2,1-2H3;1H/q+1;/p-1. The zero-order chi connectivity index (χ0) is 8.27. The molecule has 0 aromatic carbocycles. The largest absolute Gasteiger partial charge is 1.00 e. The quantitative estimate of drug-likeness (QED) is 0.553. The van der Waals surface area contributed by atoms with E-state index in [0.717, 1.165) is 10.2 Å². The topological polar surface area (TPSA) is 17.1 Å². The van der Waals surface area contributed by atoms with Crippen LogP contribution >= 0.6 is 11.3 Å². The Labute approximate surface area is 91.8 Å². The van der Waals surface area contributed by atoms with Crippen molar-refractivity contribution in [2.24, 2.45) is 0 Å². The molecule has 1 rings (SSSR count). The minimum Gasteiger partial charge on any atom is -1.00 e. The van der Waals surface area contributed by atoms with E-state index < -0.39 is 13.9 Å². The average molecular weight is 314 g/mol. The van der Waals surface area contributed by atoms with Gasteiger partial charge >= 0.3 is 75.2 Å². The van der Waals surface area contributed by atoms with Gasteiger partial charge in [0.25, 0.3) is 0 Å². The smallest absolute Gasteiger partial charge is 1.00 e. The fourth-order valence-electron chi connectivity index (χ4n) is 0.771. The third-order valence-corrected chi connectivity index (χ3v) is 3.89. The van der Waals surface area contributed by atoms with Crippen LogP contribution in [0.5, 0.6) is 0 Å². The van der Waals surface area contributed by atoms with Gasteiger partial charge in [0.05, 0.1) is 0 Å². The van der Waals surface area contributed by atoms with Crippen LogP contribution in [0.25, 0.3) is 0 Å². The Balaban J connectivity index is 0.00000121. The minimum absolute atomic E-state index is 0. The van der Waals surface area contributed by atoms with Crippen LogP contribution < -0.4 is 17.0 Å². The summed E-state index contributed by atoms with van der Waals surface area (Å²) in [5.74, 6) is 4.70. The molecule has 0 bridgehead atoms. The van der Waals surface area contributed by atoms with Crippen LogP contribution in [0, 0.1) is 0 Å². The Bertz CT molecular complexity index is 233. The van der Waals surface area contributed by atoms with Crippen LogP contribution in [0.4, 0.5) is 0 Å². The summed E-state index contributed by atoms with van der Waals surface area (Å²) in [6.45, 7) is 0. The number of hydrogen-bond donors (Lipinski definition) is 0. The number of rotatable bonds is 3. The molecule has 68 valence electrons. The van der Waals surface area contributed by atoms with Crippen molar-refractivity contribution in [3.63, 3.8) is 0 Å². The minimum atomic E-state index is -0.598. The molecule has 0 saturated heterocycles. The van der Waals surface area contributed by atoms with Crippen molar-refractivity contribution in [2.75, 3.05) is 0 Å². The predicted octanol–water partition coefficient (Wildman–Crippen LogP) is -0.311. The van der Waals surface area contributed by atoms with Crippen molar-refractivity contribution in [3.8, 4) is 0 Å². The second kappa shape index (κ2) is 5.92. The van der Waals surface area contributed by atoms with E-state index in [4.69, 9.17) is 0 Å². The van der Waals surface area contributed by atoms with Crippen molar-refractivity contribution in [3.05, 3.63) is 22.4 Å². The molecule has 0 amide bonds. The normalized spacial score (nSPS) is 9.58. The van der Waals surface area contributed by atoms with E-state index in [1.54, 1.807) is 11.3 Å². The molecule has 0 unspecified atom stereocenters. The van der Waals surface area contributed by atoms with E-state index in [1.165, 1.54) is 0 Å². The Morgan fingerprint density at radius 3 is 2.67 bits per heavy atom. The average Bonchev–Trinajstić information content (AvgIpc) is 2.35. The predicted molar refractivity (Wildman–Crippen MR) is 50.9 cm³/mol. The molecule has 0 aliphatic heterocycles. The van der Waals surface area contributed by atoms with Gasteiger partial charge in [0, 0.05) is 0 Å². The van der Waals surface area contributed by atoms with Gasteiger partial charge in [-0.1, -0.05) is 0 Å². The van der Waals surface area contributed by atoms with E-state index in [2.05, 4.69) is 11.6 Å². The van der Waals surface area contributed by atoms with Gasteiger partial charge in [-0.05, 0) is 0 Å². The van der Waals surface area contributed by atoms with Crippen LogP contribution in [0.1, 0.15) is 9.67 Å². The number of hydrogen-bond acceptors (Lipinski definition) is 2. The van der Waals surface area contributed by atoms with Gasteiger partial charge in [0.15, 0.2) is 0 Å². The second-order valence-electron chi connectivity index (χ2n) is 2.53. The summed E-state index contributed by atoms with van der Waals surface area (Å²) in [7, 11) is 0. The van der Waals surface area contributed by atoms with Gasteiger partial charge in [0.2, 0.25) is 0 Å². The van der Waals surface area contributed by atoms with Gasteiger partial charge < -0.3 is 17.0 Å². The van der Waals surface area contributed by atoms with Crippen LogP contribution in [0.2, 0.25) is 17.0 Å². The van der Waals surface area contributed by atoms with E-state index in [1.807, 2.05) is 17.5 Å². The summed E-state index contributed by atoms with van der Waals surface area (Å²) in [6, 6.07) is 3.83. The summed E-state index contributed by atoms with van der Waals surface area (Å²) in [5, 5.41) is 2.74. The van der Waals surface area contributed by atoms with Gasteiger partial charge in [-0.2, -0.15) is 0 Å². The molecule has 0 aliphatic rings. The fourth-order valence-corrected chi connectivity index (χ4v) is 3.07. The molecule has 0 spiro atoms. The van der Waals surface area contributed by atoms with Crippen molar-refractivity contribution >= 4 is 31.0 Å². The van der Waals surface area contributed by atoms with E-state index in [0.29, 0.717) is 5.78 Å².